The van der Waals surface area contributed by atoms with Crippen LogP contribution in [0.25, 0.3) is 0 Å². The van der Waals surface area contributed by atoms with Gasteiger partial charge in [0.2, 0.25) is 0 Å². The van der Waals surface area contributed by atoms with E-state index in [1.54, 1.807) is 6.39 Å². The van der Waals surface area contributed by atoms with E-state index in [0.717, 1.165) is 24.5 Å². The van der Waals surface area contributed by atoms with Crippen molar-refractivity contribution < 1.29 is 4.42 Å². The molecule has 1 atom stereocenters. The third-order valence-electron chi connectivity index (χ3n) is 3.04. The lowest BCUT2D eigenvalue weighted by molar-refractivity contribution is 0.473. The predicted molar refractivity (Wildman–Crippen MR) is 55.0 cm³/mol. The van der Waals surface area contributed by atoms with Crippen LogP contribution in [0.2, 0.25) is 0 Å². The Morgan fingerprint density at radius 1 is 1.64 bits per heavy atom. The van der Waals surface area contributed by atoms with Crippen molar-refractivity contribution in [3.8, 4) is 0 Å². The lowest BCUT2D eigenvalue weighted by Crippen LogP contribution is -2.13. The number of hydrogen-bond acceptors (Lipinski definition) is 3. The van der Waals surface area contributed by atoms with Crippen LogP contribution in [0.15, 0.2) is 10.8 Å². The zero-order valence-corrected chi connectivity index (χ0v) is 9.13. The maximum atomic E-state index is 5.47. The molecule has 14 heavy (non-hydrogen) atoms. The molecule has 0 aliphatic heterocycles. The van der Waals surface area contributed by atoms with Gasteiger partial charge in [-0.1, -0.05) is 20.8 Å². The Bertz CT molecular complexity index is 317. The number of oxazole rings is 1. The van der Waals surface area contributed by atoms with Crippen molar-refractivity contribution in [2.24, 2.45) is 5.41 Å². The van der Waals surface area contributed by atoms with Crippen LogP contribution in [0, 0.1) is 5.41 Å². The first-order chi connectivity index (χ1) is 6.65. The van der Waals surface area contributed by atoms with Crippen LogP contribution in [0.5, 0.6) is 0 Å². The number of hydrogen-bond donors (Lipinski definition) is 1. The highest BCUT2D eigenvalue weighted by Gasteiger charge is 2.49. The minimum atomic E-state index is 0.417. The van der Waals surface area contributed by atoms with E-state index in [4.69, 9.17) is 4.42 Å². The van der Waals surface area contributed by atoms with Gasteiger partial charge in [-0.2, -0.15) is 0 Å². The summed E-state index contributed by atoms with van der Waals surface area (Å²) in [6.45, 7) is 8.45. The topological polar surface area (TPSA) is 38.1 Å². The molecule has 1 saturated carbocycles. The van der Waals surface area contributed by atoms with Crippen molar-refractivity contribution in [3.63, 3.8) is 0 Å². The average Bonchev–Trinajstić information content (AvgIpc) is 2.62. The largest absolute Gasteiger partial charge is 0.448 e. The molecule has 0 bridgehead atoms. The van der Waals surface area contributed by atoms with Crippen molar-refractivity contribution in [3.05, 3.63) is 17.8 Å². The molecule has 0 saturated heterocycles. The number of aromatic nitrogens is 1. The Hall–Kier alpha value is -0.830. The second-order valence-electron chi connectivity index (χ2n) is 4.69. The van der Waals surface area contributed by atoms with Crippen LogP contribution in [0.4, 0.5) is 0 Å². The molecule has 3 heteroatoms. The smallest absolute Gasteiger partial charge is 0.181 e. The Morgan fingerprint density at radius 3 is 2.93 bits per heavy atom. The Balaban J connectivity index is 2.07. The van der Waals surface area contributed by atoms with Gasteiger partial charge in [-0.25, -0.2) is 4.98 Å². The molecule has 78 valence electrons. The minimum absolute atomic E-state index is 0.417. The van der Waals surface area contributed by atoms with Crippen LogP contribution in [0.3, 0.4) is 0 Å². The van der Waals surface area contributed by atoms with Crippen LogP contribution in [-0.2, 0) is 6.54 Å². The average molecular weight is 194 g/mol. The number of rotatable bonds is 4. The predicted octanol–water partition coefficient (Wildman–Crippen LogP) is 2.30. The first-order valence-corrected chi connectivity index (χ1v) is 5.28. The summed E-state index contributed by atoms with van der Waals surface area (Å²) in [7, 11) is 0. The van der Waals surface area contributed by atoms with Gasteiger partial charge >= 0.3 is 0 Å². The summed E-state index contributed by atoms with van der Waals surface area (Å²) in [6, 6.07) is 0. The first-order valence-electron chi connectivity index (χ1n) is 5.28. The van der Waals surface area contributed by atoms with E-state index in [0.29, 0.717) is 11.3 Å². The van der Waals surface area contributed by atoms with Crippen LogP contribution in [-0.4, -0.2) is 11.5 Å². The second-order valence-corrected chi connectivity index (χ2v) is 4.69. The number of nitrogens with one attached hydrogen (secondary N) is 1. The third kappa shape index (κ3) is 1.69. The fraction of sp³-hybridized carbons (Fsp3) is 0.727. The van der Waals surface area contributed by atoms with Gasteiger partial charge in [0.1, 0.15) is 5.76 Å². The first kappa shape index (κ1) is 9.71. The molecule has 0 amide bonds. The molecule has 1 heterocycles. The zero-order valence-electron chi connectivity index (χ0n) is 9.13. The molecule has 1 aromatic rings. The van der Waals surface area contributed by atoms with Crippen LogP contribution < -0.4 is 5.32 Å². The molecule has 1 unspecified atom stereocenters. The summed E-state index contributed by atoms with van der Waals surface area (Å²) < 4.78 is 5.47. The summed E-state index contributed by atoms with van der Waals surface area (Å²) in [5.41, 5.74) is 1.50. The maximum absolute atomic E-state index is 5.47. The minimum Gasteiger partial charge on any atom is -0.448 e. The highest BCUT2D eigenvalue weighted by Crippen LogP contribution is 2.59. The van der Waals surface area contributed by atoms with Crippen molar-refractivity contribution >= 4 is 0 Å². The molecule has 1 aliphatic carbocycles. The van der Waals surface area contributed by atoms with E-state index in [9.17, 15) is 0 Å². The molecular formula is C11H18N2O. The maximum Gasteiger partial charge on any atom is 0.181 e. The SMILES string of the molecule is CCNCc1ncoc1C1CC1(C)C. The van der Waals surface area contributed by atoms with Crippen molar-refractivity contribution in [1.29, 1.82) is 0 Å². The van der Waals surface area contributed by atoms with Crippen molar-refractivity contribution in [2.45, 2.75) is 39.7 Å². The monoisotopic (exact) mass is 194 g/mol. The van der Waals surface area contributed by atoms with Crippen LogP contribution >= 0.6 is 0 Å². The van der Waals surface area contributed by atoms with Gasteiger partial charge in [0.25, 0.3) is 0 Å². The molecule has 0 spiro atoms. The molecular weight excluding hydrogens is 176 g/mol. The van der Waals surface area contributed by atoms with Gasteiger partial charge in [-0.05, 0) is 18.4 Å². The molecule has 1 fully saturated rings. The second kappa shape index (κ2) is 3.39. The Morgan fingerprint density at radius 2 is 2.36 bits per heavy atom. The normalized spacial score (nSPS) is 23.8. The van der Waals surface area contributed by atoms with Gasteiger partial charge in [-0.15, -0.1) is 0 Å². The summed E-state index contributed by atoms with van der Waals surface area (Å²) in [4.78, 5) is 4.25. The Kier molecular flexibility index (Phi) is 2.35. The summed E-state index contributed by atoms with van der Waals surface area (Å²) in [5, 5.41) is 3.28. The zero-order chi connectivity index (χ0) is 10.2. The van der Waals surface area contributed by atoms with Gasteiger partial charge in [-0.3, -0.25) is 0 Å². The van der Waals surface area contributed by atoms with E-state index >= 15 is 0 Å². The van der Waals surface area contributed by atoms with E-state index in [-0.39, 0.29) is 0 Å². The third-order valence-corrected chi connectivity index (χ3v) is 3.04. The molecule has 1 aliphatic rings. The van der Waals surface area contributed by atoms with Crippen LogP contribution in [0.1, 0.15) is 44.6 Å². The quantitative estimate of drug-likeness (QED) is 0.799. The van der Waals surface area contributed by atoms with Gasteiger partial charge in [0.05, 0.1) is 5.69 Å². The van der Waals surface area contributed by atoms with Gasteiger partial charge < -0.3 is 9.73 Å². The standard InChI is InChI=1S/C11H18N2O/c1-4-12-6-9-10(14-7-13-9)8-5-11(8,2)3/h7-8,12H,4-6H2,1-3H3. The summed E-state index contributed by atoms with van der Waals surface area (Å²) in [6.07, 6.45) is 2.79. The summed E-state index contributed by atoms with van der Waals surface area (Å²) >= 11 is 0. The highest BCUT2D eigenvalue weighted by atomic mass is 16.3. The lowest BCUT2D eigenvalue weighted by atomic mass is 10.1. The summed E-state index contributed by atoms with van der Waals surface area (Å²) in [5.74, 6) is 1.68. The van der Waals surface area contributed by atoms with Gasteiger partial charge in [0, 0.05) is 12.5 Å². The molecule has 3 nitrogen and oxygen atoms in total. The van der Waals surface area contributed by atoms with E-state index in [1.807, 2.05) is 0 Å². The molecule has 1 N–H and O–H groups in total. The molecule has 0 aromatic carbocycles. The number of nitrogens with zero attached hydrogens (tertiary/aromatic N) is 1. The van der Waals surface area contributed by atoms with Crippen molar-refractivity contribution in [2.75, 3.05) is 6.54 Å². The van der Waals surface area contributed by atoms with E-state index in [2.05, 4.69) is 31.1 Å². The fourth-order valence-electron chi connectivity index (χ4n) is 1.85. The molecule has 0 radical (unpaired) electrons. The fourth-order valence-corrected chi connectivity index (χ4v) is 1.85. The lowest BCUT2D eigenvalue weighted by Gasteiger charge is -2.03. The molecule has 2 rings (SSSR count). The Labute approximate surface area is 84.9 Å². The van der Waals surface area contributed by atoms with Crippen molar-refractivity contribution in [1.82, 2.24) is 10.3 Å². The van der Waals surface area contributed by atoms with E-state index in [1.165, 1.54) is 6.42 Å². The van der Waals surface area contributed by atoms with Gasteiger partial charge in [0.15, 0.2) is 6.39 Å². The molecule has 1 aromatic heterocycles. The van der Waals surface area contributed by atoms with E-state index < -0.39 is 0 Å². The highest BCUT2D eigenvalue weighted by molar-refractivity contribution is 5.23.